The monoisotopic (exact) mass is 276 g/mol. The molecule has 1 unspecified atom stereocenters. The lowest BCUT2D eigenvalue weighted by atomic mass is 10.3. The molecular weight excluding hydrogens is 264 g/mol. The number of hydrogen-bond acceptors (Lipinski definition) is 6. The molecule has 1 N–H and O–H groups in total. The van der Waals surface area contributed by atoms with E-state index in [1.54, 1.807) is 28.9 Å². The molecule has 1 fully saturated rings. The quantitative estimate of drug-likeness (QED) is 0.916. The van der Waals surface area contributed by atoms with E-state index in [1.807, 2.05) is 0 Å². The fourth-order valence-electron chi connectivity index (χ4n) is 2.04. The van der Waals surface area contributed by atoms with E-state index in [0.29, 0.717) is 11.6 Å². The lowest BCUT2D eigenvalue weighted by Gasteiger charge is -2.07. The second kappa shape index (κ2) is 5.00. The molecule has 2 aromatic rings. The summed E-state index contributed by atoms with van der Waals surface area (Å²) in [6, 6.07) is 6.61. The summed E-state index contributed by atoms with van der Waals surface area (Å²) in [4.78, 5) is 11.7. The highest BCUT2D eigenvalue weighted by Gasteiger charge is 2.27. The van der Waals surface area contributed by atoms with Crippen LogP contribution in [0.4, 0.5) is 0 Å². The Bertz CT molecular complexity index is 596. The third kappa shape index (κ3) is 2.46. The maximum atomic E-state index is 11.7. The van der Waals surface area contributed by atoms with Crippen molar-refractivity contribution in [2.75, 3.05) is 0 Å². The fraction of sp³-hybridized carbons (Fsp3) is 0.333. The molecule has 98 valence electrons. The number of carbonyl (C=O) groups is 1. The van der Waals surface area contributed by atoms with E-state index in [4.69, 9.17) is 0 Å². The van der Waals surface area contributed by atoms with Gasteiger partial charge in [-0.25, -0.2) is 0 Å². The van der Waals surface area contributed by atoms with Crippen molar-refractivity contribution in [3.8, 4) is 11.4 Å². The Balaban J connectivity index is 1.86. The Labute approximate surface area is 113 Å². The van der Waals surface area contributed by atoms with E-state index < -0.39 is 0 Å². The van der Waals surface area contributed by atoms with E-state index in [9.17, 15) is 9.90 Å². The average Bonchev–Trinajstić information content (AvgIpc) is 3.01. The summed E-state index contributed by atoms with van der Waals surface area (Å²) in [6.45, 7) is 0. The number of ketones is 1. The molecule has 19 heavy (non-hydrogen) atoms. The van der Waals surface area contributed by atoms with Crippen molar-refractivity contribution in [2.45, 2.75) is 29.7 Å². The van der Waals surface area contributed by atoms with Gasteiger partial charge in [0.25, 0.3) is 0 Å². The maximum absolute atomic E-state index is 11.7. The van der Waals surface area contributed by atoms with Gasteiger partial charge in [-0.3, -0.25) is 4.79 Å². The van der Waals surface area contributed by atoms with Crippen LogP contribution in [0.5, 0.6) is 5.75 Å². The molecule has 1 aliphatic carbocycles. The van der Waals surface area contributed by atoms with E-state index in [2.05, 4.69) is 15.5 Å². The number of aromatic hydroxyl groups is 1. The molecular formula is C12H12N4O2S. The first-order valence-corrected chi connectivity index (χ1v) is 6.89. The molecule has 0 bridgehead atoms. The van der Waals surface area contributed by atoms with Crippen LogP contribution in [0.15, 0.2) is 29.4 Å². The van der Waals surface area contributed by atoms with E-state index in [-0.39, 0.29) is 16.8 Å². The van der Waals surface area contributed by atoms with Gasteiger partial charge in [-0.05, 0) is 47.5 Å². The summed E-state index contributed by atoms with van der Waals surface area (Å²) in [5, 5.41) is 21.4. The van der Waals surface area contributed by atoms with Crippen LogP contribution in [0.1, 0.15) is 19.3 Å². The Hall–Kier alpha value is -1.89. The van der Waals surface area contributed by atoms with Crippen LogP contribution < -0.4 is 0 Å². The molecule has 0 amide bonds. The van der Waals surface area contributed by atoms with E-state index in [0.717, 1.165) is 18.5 Å². The minimum atomic E-state index is -0.0399. The number of carbonyl (C=O) groups excluding carboxylic acids is 1. The first kappa shape index (κ1) is 12.2. The van der Waals surface area contributed by atoms with Crippen molar-refractivity contribution >= 4 is 17.5 Å². The van der Waals surface area contributed by atoms with Gasteiger partial charge in [0.15, 0.2) is 0 Å². The zero-order valence-electron chi connectivity index (χ0n) is 10.1. The van der Waals surface area contributed by atoms with E-state index in [1.165, 1.54) is 11.8 Å². The second-order valence-corrected chi connectivity index (χ2v) is 5.52. The molecule has 0 saturated heterocycles. The topological polar surface area (TPSA) is 80.9 Å². The largest absolute Gasteiger partial charge is 0.508 e. The van der Waals surface area contributed by atoms with Gasteiger partial charge in [0, 0.05) is 6.42 Å². The highest BCUT2D eigenvalue weighted by Crippen LogP contribution is 2.32. The number of tetrazole rings is 1. The number of aromatic nitrogens is 4. The van der Waals surface area contributed by atoms with Crippen LogP contribution in [0.3, 0.4) is 0 Å². The Kier molecular flexibility index (Phi) is 3.20. The third-order valence-electron chi connectivity index (χ3n) is 3.03. The molecule has 0 aliphatic heterocycles. The summed E-state index contributed by atoms with van der Waals surface area (Å²) < 4.78 is 1.58. The lowest BCUT2D eigenvalue weighted by Crippen LogP contribution is -2.10. The maximum Gasteiger partial charge on any atom is 0.214 e. The third-order valence-corrected chi connectivity index (χ3v) is 4.28. The lowest BCUT2D eigenvalue weighted by molar-refractivity contribution is -0.116. The molecule has 7 heteroatoms. The number of nitrogens with zero attached hydrogens (tertiary/aromatic N) is 4. The second-order valence-electron chi connectivity index (χ2n) is 4.35. The van der Waals surface area contributed by atoms with Crippen molar-refractivity contribution in [1.29, 1.82) is 0 Å². The number of phenolic OH excluding ortho intramolecular Hbond substituents is 1. The average molecular weight is 276 g/mol. The zero-order valence-corrected chi connectivity index (χ0v) is 10.9. The molecule has 1 aromatic carbocycles. The minimum absolute atomic E-state index is 0.0399. The van der Waals surface area contributed by atoms with Crippen LogP contribution in [0.25, 0.3) is 5.69 Å². The highest BCUT2D eigenvalue weighted by atomic mass is 32.2. The number of thioether (sulfide) groups is 1. The van der Waals surface area contributed by atoms with Crippen molar-refractivity contribution in [3.05, 3.63) is 24.3 Å². The van der Waals surface area contributed by atoms with Gasteiger partial charge in [0.05, 0.1) is 10.9 Å². The van der Waals surface area contributed by atoms with Crippen molar-refractivity contribution in [3.63, 3.8) is 0 Å². The van der Waals surface area contributed by atoms with Gasteiger partial charge in [-0.15, -0.1) is 5.10 Å². The van der Waals surface area contributed by atoms with Crippen molar-refractivity contribution < 1.29 is 9.90 Å². The van der Waals surface area contributed by atoms with Gasteiger partial charge in [0.1, 0.15) is 11.5 Å². The molecule has 3 rings (SSSR count). The highest BCUT2D eigenvalue weighted by molar-refractivity contribution is 8.00. The molecule has 1 atom stereocenters. The van der Waals surface area contributed by atoms with Gasteiger partial charge in [0.2, 0.25) is 5.16 Å². The summed E-state index contributed by atoms with van der Waals surface area (Å²) in [7, 11) is 0. The Morgan fingerprint density at radius 1 is 1.32 bits per heavy atom. The molecule has 1 aliphatic rings. The first-order valence-electron chi connectivity index (χ1n) is 6.01. The standard InChI is InChI=1S/C12H12N4O2S/c17-9-6-4-8(5-7-9)16-12(13-14-15-16)19-11-3-1-2-10(11)18/h4-7,11,17H,1-3H2. The van der Waals surface area contributed by atoms with Crippen LogP contribution in [-0.2, 0) is 4.79 Å². The molecule has 6 nitrogen and oxygen atoms in total. The molecule has 1 saturated carbocycles. The first-order chi connectivity index (χ1) is 9.24. The van der Waals surface area contributed by atoms with Gasteiger partial charge in [-0.2, -0.15) is 4.68 Å². The number of benzene rings is 1. The van der Waals surface area contributed by atoms with Crippen LogP contribution >= 0.6 is 11.8 Å². The summed E-state index contributed by atoms with van der Waals surface area (Å²) in [5.41, 5.74) is 0.760. The normalized spacial score (nSPS) is 18.9. The van der Waals surface area contributed by atoms with Crippen LogP contribution in [0, 0.1) is 0 Å². The SMILES string of the molecule is O=C1CCCC1Sc1nnnn1-c1ccc(O)cc1. The summed E-state index contributed by atoms with van der Waals surface area (Å²) in [6.07, 6.45) is 2.47. The number of Topliss-reactive ketones (excluding diaryl/α,β-unsaturated/α-hetero) is 1. The Morgan fingerprint density at radius 2 is 2.11 bits per heavy atom. The predicted octanol–water partition coefficient (Wildman–Crippen LogP) is 1.58. The van der Waals surface area contributed by atoms with Crippen molar-refractivity contribution in [2.24, 2.45) is 0 Å². The fourth-order valence-corrected chi connectivity index (χ4v) is 3.16. The molecule has 0 spiro atoms. The number of phenols is 1. The van der Waals surface area contributed by atoms with Crippen LogP contribution in [-0.4, -0.2) is 36.3 Å². The van der Waals surface area contributed by atoms with Gasteiger partial charge < -0.3 is 5.11 Å². The van der Waals surface area contributed by atoms with Crippen molar-refractivity contribution in [1.82, 2.24) is 20.2 Å². The van der Waals surface area contributed by atoms with Crippen LogP contribution in [0.2, 0.25) is 0 Å². The zero-order chi connectivity index (χ0) is 13.2. The smallest absolute Gasteiger partial charge is 0.214 e. The number of hydrogen-bond donors (Lipinski definition) is 1. The Morgan fingerprint density at radius 3 is 2.79 bits per heavy atom. The summed E-state index contributed by atoms with van der Waals surface area (Å²) >= 11 is 1.41. The summed E-state index contributed by atoms with van der Waals surface area (Å²) in [5.74, 6) is 0.460. The predicted molar refractivity (Wildman–Crippen MR) is 69.3 cm³/mol. The molecule has 0 radical (unpaired) electrons. The number of rotatable bonds is 3. The van der Waals surface area contributed by atoms with E-state index >= 15 is 0 Å². The van der Waals surface area contributed by atoms with Gasteiger partial charge >= 0.3 is 0 Å². The van der Waals surface area contributed by atoms with Gasteiger partial charge in [-0.1, -0.05) is 11.8 Å². The molecule has 1 heterocycles. The molecule has 1 aromatic heterocycles. The minimum Gasteiger partial charge on any atom is -0.508 e.